The normalized spacial score (nSPS) is 18.2. The molecule has 0 N–H and O–H groups in total. The molecule has 0 nitrogen and oxygen atoms in total. The number of hydrogen-bond acceptors (Lipinski definition) is 0. The molecule has 4 rings (SSSR count). The van der Waals surface area contributed by atoms with Crippen molar-refractivity contribution in [1.29, 1.82) is 0 Å². The lowest BCUT2D eigenvalue weighted by atomic mass is 10.1. The third-order valence-electron chi connectivity index (χ3n) is 8.32. The molecular weight excluding hydrogens is 412 g/mol. The lowest BCUT2D eigenvalue weighted by molar-refractivity contribution is 0.851. The van der Waals surface area contributed by atoms with Gasteiger partial charge < -0.3 is 0 Å². The average Bonchev–Trinajstić information content (AvgIpc) is 2.97. The summed E-state index contributed by atoms with van der Waals surface area (Å²) < 4.78 is 0. The molecule has 0 aromatic heterocycles. The van der Waals surface area contributed by atoms with E-state index in [9.17, 15) is 0 Å². The quantitative estimate of drug-likeness (QED) is 0.313. The highest BCUT2D eigenvalue weighted by molar-refractivity contribution is 7.17. The summed E-state index contributed by atoms with van der Waals surface area (Å²) in [5, 5.41) is 6.31. The lowest BCUT2D eigenvalue weighted by Crippen LogP contribution is -2.71. The van der Waals surface area contributed by atoms with E-state index in [0.29, 0.717) is 5.92 Å². The Balaban J connectivity index is 2.32. The van der Waals surface area contributed by atoms with Crippen LogP contribution in [-0.4, -0.2) is 8.07 Å². The van der Waals surface area contributed by atoms with Crippen LogP contribution < -0.4 is 15.6 Å². The molecule has 0 fully saturated rings. The molecule has 1 heteroatoms. The van der Waals surface area contributed by atoms with Crippen LogP contribution in [0.25, 0.3) is 0 Å². The summed E-state index contributed by atoms with van der Waals surface area (Å²) in [4.78, 5) is 0. The Morgan fingerprint density at radius 2 is 1.24 bits per heavy atom. The van der Waals surface area contributed by atoms with E-state index in [1.165, 1.54) is 49.7 Å². The monoisotopic (exact) mass is 450 g/mol. The Kier molecular flexibility index (Phi) is 6.14. The van der Waals surface area contributed by atoms with Gasteiger partial charge in [0.2, 0.25) is 0 Å². The maximum atomic E-state index is 2.52. The molecule has 1 aliphatic rings. The highest BCUT2D eigenvalue weighted by Crippen LogP contribution is 2.42. The Morgan fingerprint density at radius 1 is 0.636 bits per heavy atom. The fourth-order valence-corrected chi connectivity index (χ4v) is 13.0. The van der Waals surface area contributed by atoms with Crippen molar-refractivity contribution in [1.82, 2.24) is 0 Å². The van der Waals surface area contributed by atoms with E-state index in [1.807, 2.05) is 0 Å². The number of rotatable bonds is 4. The zero-order chi connectivity index (χ0) is 24.1. The van der Waals surface area contributed by atoms with Crippen molar-refractivity contribution < 1.29 is 0 Å². The minimum absolute atomic E-state index is 0.441. The van der Waals surface area contributed by atoms with Crippen molar-refractivity contribution in [2.75, 3.05) is 0 Å². The van der Waals surface area contributed by atoms with Gasteiger partial charge in [-0.25, -0.2) is 0 Å². The van der Waals surface area contributed by atoms with Crippen molar-refractivity contribution in [3.63, 3.8) is 0 Å². The topological polar surface area (TPSA) is 0 Å². The molecule has 33 heavy (non-hydrogen) atoms. The van der Waals surface area contributed by atoms with Crippen molar-refractivity contribution >= 4 is 23.6 Å². The smallest absolute Gasteiger partial charge is 0.0636 e. The molecular formula is C32H38Si. The highest BCUT2D eigenvalue weighted by Gasteiger charge is 2.50. The van der Waals surface area contributed by atoms with Gasteiger partial charge in [-0.3, -0.25) is 0 Å². The van der Waals surface area contributed by atoms with Crippen LogP contribution in [0.15, 0.2) is 82.6 Å². The third-order valence-corrected chi connectivity index (χ3v) is 14.0. The van der Waals surface area contributed by atoms with Crippen LogP contribution in [0.3, 0.4) is 0 Å². The van der Waals surface area contributed by atoms with E-state index in [4.69, 9.17) is 0 Å². The fourth-order valence-electron chi connectivity index (χ4n) is 6.36. The molecule has 2 unspecified atom stereocenters. The number of hydrogen-bond donors (Lipinski definition) is 0. The minimum Gasteiger partial charge on any atom is -0.0636 e. The summed E-state index contributed by atoms with van der Waals surface area (Å²) in [7, 11) is -2.56. The minimum atomic E-state index is -2.56. The molecule has 0 saturated heterocycles. The van der Waals surface area contributed by atoms with Gasteiger partial charge in [-0.2, -0.15) is 0 Å². The van der Waals surface area contributed by atoms with Gasteiger partial charge >= 0.3 is 0 Å². The molecule has 0 aliphatic heterocycles. The van der Waals surface area contributed by atoms with Crippen molar-refractivity contribution in [3.05, 3.63) is 110 Å². The molecule has 0 spiro atoms. The molecule has 170 valence electrons. The predicted octanol–water partition coefficient (Wildman–Crippen LogP) is 6.54. The Hall–Kier alpha value is -2.64. The van der Waals surface area contributed by atoms with Crippen LogP contribution in [0.1, 0.15) is 55.5 Å². The van der Waals surface area contributed by atoms with Crippen LogP contribution in [0.2, 0.25) is 0 Å². The van der Waals surface area contributed by atoms with Crippen LogP contribution in [-0.2, 0) is 0 Å². The third kappa shape index (κ3) is 3.49. The van der Waals surface area contributed by atoms with Gasteiger partial charge in [0.1, 0.15) is 0 Å². The number of benzene rings is 3. The van der Waals surface area contributed by atoms with E-state index in [-0.39, 0.29) is 0 Å². The molecule has 0 heterocycles. The SMILES string of the molecule is CC1=C(C)C(C)C([Si](c2ccccc2)(c2cc(C)cc(C)c2C)c2c(C)cccc2C)=C1C. The van der Waals surface area contributed by atoms with E-state index in [0.717, 1.165) is 0 Å². The molecule has 0 amide bonds. The van der Waals surface area contributed by atoms with Gasteiger partial charge in [0.15, 0.2) is 8.07 Å². The molecule has 0 radical (unpaired) electrons. The fraction of sp³-hybridized carbons (Fsp3) is 0.312. The summed E-state index contributed by atoms with van der Waals surface area (Å²) in [6.07, 6.45) is 0. The van der Waals surface area contributed by atoms with E-state index < -0.39 is 8.07 Å². The van der Waals surface area contributed by atoms with Crippen LogP contribution in [0, 0.1) is 40.5 Å². The van der Waals surface area contributed by atoms with Gasteiger partial charge in [-0.05, 0) is 93.6 Å². The number of aryl methyl sites for hydroxylation is 4. The summed E-state index contributed by atoms with van der Waals surface area (Å²) in [5.41, 5.74) is 11.6. The summed E-state index contributed by atoms with van der Waals surface area (Å²) in [6, 6.07) is 23.2. The largest absolute Gasteiger partial charge is 0.177 e. The summed E-state index contributed by atoms with van der Waals surface area (Å²) in [6.45, 7) is 21.1. The van der Waals surface area contributed by atoms with Crippen molar-refractivity contribution in [3.8, 4) is 0 Å². The maximum Gasteiger partial charge on any atom is 0.177 e. The van der Waals surface area contributed by atoms with Crippen LogP contribution in [0.4, 0.5) is 0 Å². The molecule has 2 atom stereocenters. The van der Waals surface area contributed by atoms with Gasteiger partial charge in [-0.1, -0.05) is 101 Å². The summed E-state index contributed by atoms with van der Waals surface area (Å²) in [5.74, 6) is 0.441. The second kappa shape index (κ2) is 8.61. The molecule has 1 aliphatic carbocycles. The second-order valence-electron chi connectivity index (χ2n) is 10.2. The molecule has 3 aromatic carbocycles. The highest BCUT2D eigenvalue weighted by atomic mass is 28.3. The lowest BCUT2D eigenvalue weighted by Gasteiger charge is -2.41. The Labute approximate surface area is 202 Å². The first-order valence-electron chi connectivity index (χ1n) is 12.2. The van der Waals surface area contributed by atoms with E-state index in [2.05, 4.69) is 123 Å². The first-order valence-corrected chi connectivity index (χ1v) is 14.2. The standard InChI is InChI=1S/C32H38Si/c1-20-18-23(4)24(5)30(19-20)33(29-16-11-10-12-17-29,31-21(2)14-13-15-22(31)3)32-27(8)25(6)26(7)28(32)9/h10-19,27H,1-9H3. The Bertz CT molecular complexity index is 1270. The first-order chi connectivity index (χ1) is 15.6. The zero-order valence-corrected chi connectivity index (χ0v) is 22.9. The van der Waals surface area contributed by atoms with Crippen molar-refractivity contribution in [2.24, 2.45) is 5.92 Å². The number of allylic oxidation sites excluding steroid dienone is 4. The van der Waals surface area contributed by atoms with Crippen LogP contribution >= 0.6 is 0 Å². The zero-order valence-electron chi connectivity index (χ0n) is 21.9. The molecule has 0 bridgehead atoms. The Morgan fingerprint density at radius 3 is 1.79 bits per heavy atom. The predicted molar refractivity (Wildman–Crippen MR) is 148 cm³/mol. The van der Waals surface area contributed by atoms with Crippen LogP contribution in [0.5, 0.6) is 0 Å². The summed E-state index contributed by atoms with van der Waals surface area (Å²) >= 11 is 0. The average molecular weight is 451 g/mol. The second-order valence-corrected chi connectivity index (χ2v) is 13.9. The first kappa shape index (κ1) is 23.5. The van der Waals surface area contributed by atoms with Gasteiger partial charge in [0.05, 0.1) is 0 Å². The van der Waals surface area contributed by atoms with Crippen molar-refractivity contribution in [2.45, 2.75) is 62.3 Å². The van der Waals surface area contributed by atoms with Gasteiger partial charge in [0.25, 0.3) is 0 Å². The van der Waals surface area contributed by atoms with Gasteiger partial charge in [0, 0.05) is 0 Å². The van der Waals surface area contributed by atoms with E-state index in [1.54, 1.807) is 15.6 Å². The molecule has 0 saturated carbocycles. The maximum absolute atomic E-state index is 2.56. The van der Waals surface area contributed by atoms with Gasteiger partial charge in [-0.15, -0.1) is 0 Å². The van der Waals surface area contributed by atoms with E-state index >= 15 is 0 Å². The molecule has 3 aromatic rings.